The maximum absolute atomic E-state index is 13.5. The highest BCUT2D eigenvalue weighted by Gasteiger charge is 2.25. The van der Waals surface area contributed by atoms with Gasteiger partial charge in [0.05, 0.1) is 30.7 Å². The smallest absolute Gasteiger partial charge is 0.256 e. The summed E-state index contributed by atoms with van der Waals surface area (Å²) in [5, 5.41) is 9.79. The fourth-order valence-electron chi connectivity index (χ4n) is 3.70. The minimum absolute atomic E-state index is 0.0466. The Labute approximate surface area is 186 Å². The Balaban J connectivity index is 1.50. The van der Waals surface area contributed by atoms with E-state index in [1.54, 1.807) is 23.5 Å². The quantitative estimate of drug-likeness (QED) is 0.631. The fourth-order valence-corrected chi connectivity index (χ4v) is 3.83. The molecule has 7 heteroatoms. The molecule has 2 heterocycles. The van der Waals surface area contributed by atoms with E-state index in [0.717, 1.165) is 29.7 Å². The van der Waals surface area contributed by atoms with E-state index >= 15 is 0 Å². The maximum atomic E-state index is 13.5. The largest absolute Gasteiger partial charge is 0.331 e. The Kier molecular flexibility index (Phi) is 6.46. The predicted octanol–water partition coefficient (Wildman–Crippen LogP) is 4.30. The highest BCUT2D eigenvalue weighted by molar-refractivity contribution is 6.30. The highest BCUT2D eigenvalue weighted by Crippen LogP contribution is 2.21. The van der Waals surface area contributed by atoms with Gasteiger partial charge in [-0.25, -0.2) is 4.98 Å². The van der Waals surface area contributed by atoms with Crippen molar-refractivity contribution >= 4 is 23.3 Å². The predicted molar refractivity (Wildman–Crippen MR) is 120 cm³/mol. The lowest BCUT2D eigenvalue weighted by Gasteiger charge is -2.30. The molecule has 1 amide bonds. The summed E-state index contributed by atoms with van der Waals surface area (Å²) >= 11 is 6.00. The SMILES string of the molecule is N#Cc1cccc(CN2CCC=C(C(=O)N(Cc3ccc(Cl)cc3)c3cnc[nH]3)C2)c1. The number of nitrogens with one attached hydrogen (secondary N) is 1. The lowest BCUT2D eigenvalue weighted by molar-refractivity contribution is -0.115. The van der Waals surface area contributed by atoms with E-state index in [2.05, 4.69) is 20.9 Å². The third-order valence-electron chi connectivity index (χ3n) is 5.24. The molecular weight excluding hydrogens is 410 g/mol. The second kappa shape index (κ2) is 9.61. The van der Waals surface area contributed by atoms with Gasteiger partial charge in [0.25, 0.3) is 5.91 Å². The molecule has 0 bridgehead atoms. The highest BCUT2D eigenvalue weighted by atomic mass is 35.5. The van der Waals surface area contributed by atoms with E-state index in [4.69, 9.17) is 16.9 Å². The number of carbonyl (C=O) groups excluding carboxylic acids is 1. The molecule has 1 aliphatic heterocycles. The normalized spacial score (nSPS) is 14.0. The summed E-state index contributed by atoms with van der Waals surface area (Å²) in [4.78, 5) is 24.6. The zero-order valence-corrected chi connectivity index (χ0v) is 17.7. The lowest BCUT2D eigenvalue weighted by Crippen LogP contribution is -2.38. The van der Waals surface area contributed by atoms with Crippen molar-refractivity contribution in [1.29, 1.82) is 5.26 Å². The van der Waals surface area contributed by atoms with Crippen LogP contribution in [0.4, 0.5) is 5.82 Å². The number of amides is 1. The number of benzene rings is 2. The Bertz CT molecular complexity index is 1120. The first-order valence-electron chi connectivity index (χ1n) is 10.1. The first-order chi connectivity index (χ1) is 15.1. The van der Waals surface area contributed by atoms with Crippen LogP contribution < -0.4 is 4.90 Å². The number of nitriles is 1. The van der Waals surface area contributed by atoms with Crippen molar-refractivity contribution in [2.24, 2.45) is 0 Å². The first kappa shape index (κ1) is 20.9. The number of carbonyl (C=O) groups is 1. The van der Waals surface area contributed by atoms with Crippen LogP contribution in [0.25, 0.3) is 0 Å². The molecule has 0 saturated carbocycles. The molecule has 3 aromatic rings. The van der Waals surface area contributed by atoms with Gasteiger partial charge in [-0.05, 0) is 41.8 Å². The Morgan fingerprint density at radius 2 is 2.06 bits per heavy atom. The summed E-state index contributed by atoms with van der Waals surface area (Å²) in [6, 6.07) is 17.3. The second-order valence-corrected chi connectivity index (χ2v) is 7.93. The molecule has 6 nitrogen and oxygen atoms in total. The molecule has 4 rings (SSSR count). The summed E-state index contributed by atoms with van der Waals surface area (Å²) in [7, 11) is 0. The van der Waals surface area contributed by atoms with E-state index in [1.807, 2.05) is 48.5 Å². The standard InChI is InChI=1S/C24H22ClN5O/c25-22-8-6-18(7-9-22)15-30(23-13-27-17-28-23)24(31)21-5-2-10-29(16-21)14-20-4-1-3-19(11-20)12-26/h1,3-9,11,13,17H,2,10,14-16H2,(H,27,28). The van der Waals surface area contributed by atoms with Crippen LogP contribution in [0.15, 0.2) is 72.7 Å². The number of hydrogen-bond acceptors (Lipinski definition) is 4. The topological polar surface area (TPSA) is 76.0 Å². The van der Waals surface area contributed by atoms with E-state index in [0.29, 0.717) is 36.0 Å². The number of aromatic amines is 1. The number of aromatic nitrogens is 2. The van der Waals surface area contributed by atoms with Crippen molar-refractivity contribution in [3.8, 4) is 6.07 Å². The zero-order chi connectivity index (χ0) is 21.6. The van der Waals surface area contributed by atoms with Crippen LogP contribution in [-0.2, 0) is 17.9 Å². The molecular formula is C24H22ClN5O. The minimum Gasteiger partial charge on any atom is -0.331 e. The van der Waals surface area contributed by atoms with Gasteiger partial charge >= 0.3 is 0 Å². The minimum atomic E-state index is -0.0466. The third-order valence-corrected chi connectivity index (χ3v) is 5.49. The van der Waals surface area contributed by atoms with Crippen LogP contribution in [0.3, 0.4) is 0 Å². The van der Waals surface area contributed by atoms with Crippen LogP contribution in [0.5, 0.6) is 0 Å². The van der Waals surface area contributed by atoms with Gasteiger partial charge in [0.2, 0.25) is 0 Å². The number of halogens is 1. The van der Waals surface area contributed by atoms with Gasteiger partial charge < -0.3 is 4.98 Å². The molecule has 31 heavy (non-hydrogen) atoms. The van der Waals surface area contributed by atoms with Gasteiger partial charge in [0.1, 0.15) is 5.82 Å². The summed E-state index contributed by atoms with van der Waals surface area (Å²) in [5.74, 6) is 0.606. The summed E-state index contributed by atoms with van der Waals surface area (Å²) in [5.41, 5.74) is 3.45. The third kappa shape index (κ3) is 5.21. The Morgan fingerprint density at radius 1 is 1.23 bits per heavy atom. The number of rotatable bonds is 6. The van der Waals surface area contributed by atoms with Gasteiger partial charge in [-0.3, -0.25) is 14.6 Å². The first-order valence-corrected chi connectivity index (χ1v) is 10.5. The molecule has 1 aromatic heterocycles. The molecule has 2 aromatic carbocycles. The summed E-state index contributed by atoms with van der Waals surface area (Å²) in [6.07, 6.45) is 6.05. The molecule has 1 aliphatic rings. The van der Waals surface area contributed by atoms with Crippen molar-refractivity contribution < 1.29 is 4.79 Å². The van der Waals surface area contributed by atoms with Crippen molar-refractivity contribution in [2.45, 2.75) is 19.5 Å². The molecule has 0 radical (unpaired) electrons. The Hall–Kier alpha value is -3.40. The number of imidazole rings is 1. The van der Waals surface area contributed by atoms with Crippen LogP contribution in [0.1, 0.15) is 23.1 Å². The molecule has 0 aliphatic carbocycles. The van der Waals surface area contributed by atoms with Crippen molar-refractivity contribution in [3.63, 3.8) is 0 Å². The van der Waals surface area contributed by atoms with Crippen LogP contribution in [-0.4, -0.2) is 33.9 Å². The lowest BCUT2D eigenvalue weighted by atomic mass is 10.1. The van der Waals surface area contributed by atoms with Gasteiger partial charge in [0, 0.05) is 30.2 Å². The molecule has 1 N–H and O–H groups in total. The number of H-pyrrole nitrogens is 1. The van der Waals surface area contributed by atoms with Gasteiger partial charge in [-0.2, -0.15) is 5.26 Å². The van der Waals surface area contributed by atoms with Crippen LogP contribution >= 0.6 is 11.6 Å². The van der Waals surface area contributed by atoms with Crippen LogP contribution in [0, 0.1) is 11.3 Å². The molecule has 0 spiro atoms. The molecule has 0 atom stereocenters. The average molecular weight is 432 g/mol. The second-order valence-electron chi connectivity index (χ2n) is 7.50. The summed E-state index contributed by atoms with van der Waals surface area (Å²) in [6.45, 7) is 2.54. The van der Waals surface area contributed by atoms with Crippen molar-refractivity contribution in [2.75, 3.05) is 18.0 Å². The summed E-state index contributed by atoms with van der Waals surface area (Å²) < 4.78 is 0. The fraction of sp³-hybridized carbons (Fsp3) is 0.208. The van der Waals surface area contributed by atoms with Crippen molar-refractivity contribution in [3.05, 3.63) is 94.4 Å². The van der Waals surface area contributed by atoms with Gasteiger partial charge in [0.15, 0.2) is 0 Å². The number of hydrogen-bond donors (Lipinski definition) is 1. The monoisotopic (exact) mass is 431 g/mol. The zero-order valence-electron chi connectivity index (χ0n) is 17.0. The van der Waals surface area contributed by atoms with E-state index in [9.17, 15) is 4.79 Å². The van der Waals surface area contributed by atoms with E-state index in [-0.39, 0.29) is 5.91 Å². The number of nitrogens with zero attached hydrogens (tertiary/aromatic N) is 4. The maximum Gasteiger partial charge on any atom is 0.256 e. The van der Waals surface area contributed by atoms with E-state index in [1.165, 1.54) is 0 Å². The molecule has 0 unspecified atom stereocenters. The van der Waals surface area contributed by atoms with E-state index < -0.39 is 0 Å². The van der Waals surface area contributed by atoms with Crippen molar-refractivity contribution in [1.82, 2.24) is 14.9 Å². The molecule has 0 saturated heterocycles. The molecule has 156 valence electrons. The Morgan fingerprint density at radius 3 is 2.81 bits per heavy atom. The average Bonchev–Trinajstić information content (AvgIpc) is 3.33. The van der Waals surface area contributed by atoms with Gasteiger partial charge in [-0.15, -0.1) is 0 Å². The number of anilines is 1. The molecule has 0 fully saturated rings. The van der Waals surface area contributed by atoms with Crippen LogP contribution in [0.2, 0.25) is 5.02 Å². The van der Waals surface area contributed by atoms with Gasteiger partial charge in [-0.1, -0.05) is 41.9 Å².